The van der Waals surface area contributed by atoms with Crippen molar-refractivity contribution in [2.24, 2.45) is 5.92 Å². The number of carbonyl (C=O) groups is 1. The van der Waals surface area contributed by atoms with Crippen LogP contribution >= 0.6 is 0 Å². The van der Waals surface area contributed by atoms with Gasteiger partial charge in [-0.05, 0) is 30.5 Å². The molecule has 92 valence electrons. The molecule has 0 radical (unpaired) electrons. The lowest BCUT2D eigenvalue weighted by Crippen LogP contribution is -2.26. The molecule has 4 heteroatoms. The van der Waals surface area contributed by atoms with Crippen LogP contribution in [0.1, 0.15) is 30.1 Å². The molecule has 1 amide bonds. The first kappa shape index (κ1) is 11.8. The Morgan fingerprint density at radius 2 is 2.35 bits per heavy atom. The van der Waals surface area contributed by atoms with Gasteiger partial charge >= 0.3 is 0 Å². The number of hydrogen-bond donors (Lipinski definition) is 2. The molecule has 17 heavy (non-hydrogen) atoms. The third-order valence-electron chi connectivity index (χ3n) is 3.20. The number of carbonyl (C=O) groups excluding carboxylic acids is 1. The van der Waals surface area contributed by atoms with Gasteiger partial charge in [0.15, 0.2) is 11.5 Å². The standard InChI is InChI=1S/C13H17NO3/c1-3-8-6-10(8)14-13(16)9-4-5-12(17-2)11(15)7-9/h4-5,7-8,10,15H,3,6H2,1-2H3,(H,14,16). The molecule has 0 heterocycles. The predicted octanol–water partition coefficient (Wildman–Crippen LogP) is 1.93. The average Bonchev–Trinajstić information content (AvgIpc) is 3.07. The fraction of sp³-hybridized carbons (Fsp3) is 0.462. The average molecular weight is 235 g/mol. The number of nitrogens with one attached hydrogen (secondary N) is 1. The number of rotatable bonds is 4. The van der Waals surface area contributed by atoms with E-state index >= 15 is 0 Å². The number of phenols is 1. The zero-order valence-corrected chi connectivity index (χ0v) is 10.1. The first-order valence-electron chi connectivity index (χ1n) is 5.83. The fourth-order valence-corrected chi connectivity index (χ4v) is 1.96. The molecule has 1 aromatic rings. The molecule has 0 bridgehead atoms. The Hall–Kier alpha value is -1.71. The smallest absolute Gasteiger partial charge is 0.251 e. The number of methoxy groups -OCH3 is 1. The van der Waals surface area contributed by atoms with Crippen LogP contribution in [0.25, 0.3) is 0 Å². The summed E-state index contributed by atoms with van der Waals surface area (Å²) in [5.41, 5.74) is 0.463. The number of amides is 1. The number of phenolic OH excluding ortho intramolecular Hbond substituents is 1. The van der Waals surface area contributed by atoms with Crippen LogP contribution in [0.2, 0.25) is 0 Å². The SMILES string of the molecule is CCC1CC1NC(=O)c1ccc(OC)c(O)c1. The second kappa shape index (κ2) is 4.65. The normalized spacial score (nSPS) is 22.0. The van der Waals surface area contributed by atoms with Gasteiger partial charge < -0.3 is 15.2 Å². The predicted molar refractivity (Wildman–Crippen MR) is 64.3 cm³/mol. The molecule has 1 fully saturated rings. The topological polar surface area (TPSA) is 58.6 Å². The largest absolute Gasteiger partial charge is 0.504 e. The summed E-state index contributed by atoms with van der Waals surface area (Å²) in [5.74, 6) is 0.845. The number of aromatic hydroxyl groups is 1. The summed E-state index contributed by atoms with van der Waals surface area (Å²) in [6, 6.07) is 4.97. The summed E-state index contributed by atoms with van der Waals surface area (Å²) in [7, 11) is 1.48. The van der Waals surface area contributed by atoms with Crippen molar-refractivity contribution >= 4 is 5.91 Å². The van der Waals surface area contributed by atoms with Gasteiger partial charge in [-0.1, -0.05) is 13.3 Å². The van der Waals surface area contributed by atoms with Crippen molar-refractivity contribution in [3.05, 3.63) is 23.8 Å². The molecule has 0 aliphatic heterocycles. The zero-order chi connectivity index (χ0) is 12.4. The maximum atomic E-state index is 11.8. The van der Waals surface area contributed by atoms with Gasteiger partial charge in [-0.2, -0.15) is 0 Å². The molecule has 2 unspecified atom stereocenters. The van der Waals surface area contributed by atoms with Crippen LogP contribution in [0.4, 0.5) is 0 Å². The maximum absolute atomic E-state index is 11.8. The number of benzene rings is 1. The van der Waals surface area contributed by atoms with Crippen LogP contribution in [0.5, 0.6) is 11.5 Å². The fourth-order valence-electron chi connectivity index (χ4n) is 1.96. The molecule has 1 aliphatic rings. The van der Waals surface area contributed by atoms with Gasteiger partial charge in [0.1, 0.15) is 0 Å². The van der Waals surface area contributed by atoms with E-state index in [0.29, 0.717) is 23.3 Å². The zero-order valence-electron chi connectivity index (χ0n) is 10.1. The van der Waals surface area contributed by atoms with Gasteiger partial charge in [0.2, 0.25) is 0 Å². The van der Waals surface area contributed by atoms with Crippen LogP contribution in [0.15, 0.2) is 18.2 Å². The second-order valence-electron chi connectivity index (χ2n) is 4.37. The van der Waals surface area contributed by atoms with Crippen LogP contribution in [0, 0.1) is 5.92 Å². The van der Waals surface area contributed by atoms with E-state index in [-0.39, 0.29) is 11.7 Å². The van der Waals surface area contributed by atoms with E-state index in [2.05, 4.69) is 12.2 Å². The van der Waals surface area contributed by atoms with Gasteiger partial charge in [0, 0.05) is 11.6 Å². The molecule has 4 nitrogen and oxygen atoms in total. The van der Waals surface area contributed by atoms with Gasteiger partial charge in [0.05, 0.1) is 7.11 Å². The molecule has 2 rings (SSSR count). The van der Waals surface area contributed by atoms with Gasteiger partial charge in [-0.25, -0.2) is 0 Å². The quantitative estimate of drug-likeness (QED) is 0.838. The molecule has 2 N–H and O–H groups in total. The number of ether oxygens (including phenoxy) is 1. The summed E-state index contributed by atoms with van der Waals surface area (Å²) >= 11 is 0. The van der Waals surface area contributed by atoms with Crippen molar-refractivity contribution in [3.63, 3.8) is 0 Å². The highest BCUT2D eigenvalue weighted by molar-refractivity contribution is 5.95. The Balaban J connectivity index is 2.02. The molecular formula is C13H17NO3. The minimum Gasteiger partial charge on any atom is -0.504 e. The highest BCUT2D eigenvalue weighted by Crippen LogP contribution is 2.33. The molecule has 0 saturated heterocycles. The maximum Gasteiger partial charge on any atom is 0.251 e. The Kier molecular flexibility index (Phi) is 3.22. The van der Waals surface area contributed by atoms with Crippen molar-refractivity contribution in [2.75, 3.05) is 7.11 Å². The van der Waals surface area contributed by atoms with Crippen molar-refractivity contribution in [1.82, 2.24) is 5.32 Å². The number of hydrogen-bond acceptors (Lipinski definition) is 3. The van der Waals surface area contributed by atoms with Crippen LogP contribution < -0.4 is 10.1 Å². The van der Waals surface area contributed by atoms with E-state index in [1.165, 1.54) is 13.2 Å². The van der Waals surface area contributed by atoms with Gasteiger partial charge in [0.25, 0.3) is 5.91 Å². The summed E-state index contributed by atoms with van der Waals surface area (Å²) in [6.45, 7) is 2.12. The highest BCUT2D eigenvalue weighted by atomic mass is 16.5. The Labute approximate surface area is 101 Å². The van der Waals surface area contributed by atoms with Crippen molar-refractivity contribution in [3.8, 4) is 11.5 Å². The molecule has 0 aromatic heterocycles. The van der Waals surface area contributed by atoms with E-state index in [1.807, 2.05) is 0 Å². The summed E-state index contributed by atoms with van der Waals surface area (Å²) in [6.07, 6.45) is 2.16. The molecule has 1 aromatic carbocycles. The first-order valence-corrected chi connectivity index (χ1v) is 5.83. The summed E-state index contributed by atoms with van der Waals surface area (Å²) < 4.78 is 4.93. The van der Waals surface area contributed by atoms with Crippen molar-refractivity contribution in [2.45, 2.75) is 25.8 Å². The molecule has 1 aliphatic carbocycles. The van der Waals surface area contributed by atoms with Gasteiger partial charge in [-0.3, -0.25) is 4.79 Å². The Bertz CT molecular complexity index is 431. The van der Waals surface area contributed by atoms with Crippen LogP contribution in [0.3, 0.4) is 0 Å². The lowest BCUT2D eigenvalue weighted by molar-refractivity contribution is 0.0948. The molecule has 0 spiro atoms. The van der Waals surface area contributed by atoms with E-state index in [4.69, 9.17) is 4.74 Å². The summed E-state index contributed by atoms with van der Waals surface area (Å²) in [4.78, 5) is 11.8. The molecular weight excluding hydrogens is 218 g/mol. The minimum atomic E-state index is -0.135. The summed E-state index contributed by atoms with van der Waals surface area (Å²) in [5, 5.41) is 12.5. The molecule has 2 atom stereocenters. The van der Waals surface area contributed by atoms with Gasteiger partial charge in [-0.15, -0.1) is 0 Å². The molecule has 1 saturated carbocycles. The Morgan fingerprint density at radius 1 is 1.59 bits per heavy atom. The van der Waals surface area contributed by atoms with E-state index in [1.54, 1.807) is 12.1 Å². The van der Waals surface area contributed by atoms with E-state index in [9.17, 15) is 9.90 Å². The van der Waals surface area contributed by atoms with E-state index in [0.717, 1.165) is 12.8 Å². The third kappa shape index (κ3) is 2.52. The highest BCUT2D eigenvalue weighted by Gasteiger charge is 2.36. The lowest BCUT2D eigenvalue weighted by atomic mass is 10.2. The second-order valence-corrected chi connectivity index (χ2v) is 4.37. The third-order valence-corrected chi connectivity index (χ3v) is 3.20. The Morgan fingerprint density at radius 3 is 2.88 bits per heavy atom. The van der Waals surface area contributed by atoms with Crippen LogP contribution in [-0.4, -0.2) is 24.2 Å². The first-order chi connectivity index (χ1) is 8.15. The van der Waals surface area contributed by atoms with Crippen molar-refractivity contribution in [1.29, 1.82) is 0 Å². The van der Waals surface area contributed by atoms with Crippen LogP contribution in [-0.2, 0) is 0 Å². The lowest BCUT2D eigenvalue weighted by Gasteiger charge is -2.07. The van der Waals surface area contributed by atoms with Crippen molar-refractivity contribution < 1.29 is 14.6 Å². The van der Waals surface area contributed by atoms with E-state index < -0.39 is 0 Å². The monoisotopic (exact) mass is 235 g/mol. The minimum absolute atomic E-state index is 0.0111.